The SMILES string of the molecule is CN(CC(=O)Nc1cccc(Cl)c1)Cc1ccccc1[N+](=O)[O-]. The number of nitro groups is 1. The predicted molar refractivity (Wildman–Crippen MR) is 89.5 cm³/mol. The van der Waals surface area contributed by atoms with E-state index >= 15 is 0 Å². The molecule has 0 atom stereocenters. The van der Waals surface area contributed by atoms with Gasteiger partial charge < -0.3 is 5.32 Å². The van der Waals surface area contributed by atoms with Gasteiger partial charge in [-0.25, -0.2) is 0 Å². The number of amides is 1. The minimum atomic E-state index is -0.421. The van der Waals surface area contributed by atoms with E-state index in [4.69, 9.17) is 11.6 Å². The lowest BCUT2D eigenvalue weighted by Crippen LogP contribution is -2.30. The summed E-state index contributed by atoms with van der Waals surface area (Å²) < 4.78 is 0. The van der Waals surface area contributed by atoms with Crippen molar-refractivity contribution in [1.29, 1.82) is 0 Å². The molecule has 0 unspecified atom stereocenters. The van der Waals surface area contributed by atoms with E-state index in [0.29, 0.717) is 22.8 Å². The summed E-state index contributed by atoms with van der Waals surface area (Å²) in [6.45, 7) is 0.415. The molecule has 2 aromatic rings. The first-order valence-corrected chi connectivity index (χ1v) is 7.30. The number of hydrogen-bond donors (Lipinski definition) is 1. The number of nitrogens with zero attached hydrogens (tertiary/aromatic N) is 2. The van der Waals surface area contributed by atoms with Gasteiger partial charge >= 0.3 is 0 Å². The Balaban J connectivity index is 1.95. The maximum Gasteiger partial charge on any atom is 0.273 e. The van der Waals surface area contributed by atoms with Gasteiger partial charge in [-0.05, 0) is 25.2 Å². The molecule has 0 heterocycles. The second-order valence-electron chi connectivity index (χ2n) is 5.12. The van der Waals surface area contributed by atoms with Gasteiger partial charge in [0.25, 0.3) is 5.69 Å². The lowest BCUT2D eigenvalue weighted by atomic mass is 10.1. The van der Waals surface area contributed by atoms with E-state index in [2.05, 4.69) is 5.32 Å². The van der Waals surface area contributed by atoms with Crippen molar-refractivity contribution in [3.05, 3.63) is 69.2 Å². The van der Waals surface area contributed by atoms with Crippen LogP contribution in [0.3, 0.4) is 0 Å². The zero-order chi connectivity index (χ0) is 16.8. The number of halogens is 1. The standard InChI is InChI=1S/C16H16ClN3O3/c1-19(10-12-5-2-3-8-15(12)20(22)23)11-16(21)18-14-7-4-6-13(17)9-14/h2-9H,10-11H2,1H3,(H,18,21). The molecule has 0 radical (unpaired) electrons. The molecule has 7 heteroatoms. The number of nitrogens with one attached hydrogen (secondary N) is 1. The van der Waals surface area contributed by atoms with E-state index in [1.165, 1.54) is 6.07 Å². The molecule has 2 rings (SSSR count). The van der Waals surface area contributed by atoms with Gasteiger partial charge in [-0.2, -0.15) is 0 Å². The molecular formula is C16H16ClN3O3. The fourth-order valence-corrected chi connectivity index (χ4v) is 2.37. The topological polar surface area (TPSA) is 75.5 Å². The van der Waals surface area contributed by atoms with Gasteiger partial charge in [0.2, 0.25) is 5.91 Å². The Labute approximate surface area is 138 Å². The molecular weight excluding hydrogens is 318 g/mol. The number of rotatable bonds is 6. The third kappa shape index (κ3) is 5.05. The van der Waals surface area contributed by atoms with Crippen LogP contribution in [0.2, 0.25) is 5.02 Å². The van der Waals surface area contributed by atoms with Crippen LogP contribution in [-0.4, -0.2) is 29.3 Å². The minimum Gasteiger partial charge on any atom is -0.325 e. The minimum absolute atomic E-state index is 0.0506. The molecule has 0 saturated heterocycles. The molecule has 0 bridgehead atoms. The molecule has 6 nitrogen and oxygen atoms in total. The number of nitro benzene ring substituents is 1. The van der Waals surface area contributed by atoms with Crippen LogP contribution in [0, 0.1) is 10.1 Å². The second kappa shape index (κ2) is 7.71. The lowest BCUT2D eigenvalue weighted by Gasteiger charge is -2.16. The van der Waals surface area contributed by atoms with Crippen LogP contribution in [0.15, 0.2) is 48.5 Å². The summed E-state index contributed by atoms with van der Waals surface area (Å²) in [4.78, 5) is 24.3. The Morgan fingerprint density at radius 2 is 2.00 bits per heavy atom. The molecule has 0 aliphatic heterocycles. The van der Waals surface area contributed by atoms with Crippen LogP contribution in [0.4, 0.5) is 11.4 Å². The van der Waals surface area contributed by atoms with Crippen molar-refractivity contribution in [2.45, 2.75) is 6.54 Å². The smallest absolute Gasteiger partial charge is 0.273 e. The highest BCUT2D eigenvalue weighted by Crippen LogP contribution is 2.19. The first kappa shape index (κ1) is 16.9. The molecule has 0 saturated carbocycles. The maximum absolute atomic E-state index is 12.0. The summed E-state index contributed by atoms with van der Waals surface area (Å²) in [5.41, 5.74) is 1.23. The summed E-state index contributed by atoms with van der Waals surface area (Å²) >= 11 is 5.86. The Bertz CT molecular complexity index is 721. The second-order valence-corrected chi connectivity index (χ2v) is 5.55. The Morgan fingerprint density at radius 1 is 1.26 bits per heavy atom. The van der Waals surface area contributed by atoms with Gasteiger partial charge in [0.15, 0.2) is 0 Å². The van der Waals surface area contributed by atoms with Gasteiger partial charge in [0.05, 0.1) is 11.5 Å². The van der Waals surface area contributed by atoms with E-state index in [0.717, 1.165) is 0 Å². The quantitative estimate of drug-likeness (QED) is 0.650. The van der Waals surface area contributed by atoms with Gasteiger partial charge in [0.1, 0.15) is 0 Å². The number of para-hydroxylation sites is 1. The molecule has 1 amide bonds. The van der Waals surface area contributed by atoms with Crippen LogP contribution < -0.4 is 5.32 Å². The summed E-state index contributed by atoms with van der Waals surface area (Å²) in [6, 6.07) is 13.4. The Morgan fingerprint density at radius 3 is 2.70 bits per heavy atom. The third-order valence-electron chi connectivity index (χ3n) is 3.15. The number of carbonyl (C=O) groups excluding carboxylic acids is 1. The Kier molecular flexibility index (Phi) is 5.67. The number of anilines is 1. The zero-order valence-electron chi connectivity index (χ0n) is 12.5. The van der Waals surface area contributed by atoms with Gasteiger partial charge in [-0.15, -0.1) is 0 Å². The average molecular weight is 334 g/mol. The third-order valence-corrected chi connectivity index (χ3v) is 3.39. The Hall–Kier alpha value is -2.44. The van der Waals surface area contributed by atoms with Crippen molar-refractivity contribution in [1.82, 2.24) is 4.90 Å². The maximum atomic E-state index is 12.0. The first-order chi connectivity index (χ1) is 11.0. The van der Waals surface area contributed by atoms with Gasteiger partial charge in [0, 0.05) is 28.9 Å². The monoisotopic (exact) mass is 333 g/mol. The van der Waals surface area contributed by atoms with Crippen molar-refractivity contribution in [2.24, 2.45) is 0 Å². The van der Waals surface area contributed by atoms with Crippen LogP contribution in [0.5, 0.6) is 0 Å². The van der Waals surface area contributed by atoms with Gasteiger partial charge in [-0.1, -0.05) is 35.9 Å². The van der Waals surface area contributed by atoms with E-state index in [9.17, 15) is 14.9 Å². The highest BCUT2D eigenvalue weighted by Gasteiger charge is 2.15. The average Bonchev–Trinajstić information content (AvgIpc) is 2.47. The number of carbonyl (C=O) groups is 1. The summed E-state index contributed by atoms with van der Waals surface area (Å²) in [5.74, 6) is -0.214. The van der Waals surface area contributed by atoms with Crippen molar-refractivity contribution < 1.29 is 9.72 Å². The van der Waals surface area contributed by atoms with Crippen LogP contribution in [-0.2, 0) is 11.3 Å². The van der Waals surface area contributed by atoms with Gasteiger partial charge in [-0.3, -0.25) is 19.8 Å². The summed E-state index contributed by atoms with van der Waals surface area (Å²) in [6.07, 6.45) is 0. The van der Waals surface area contributed by atoms with E-state index in [-0.39, 0.29) is 18.1 Å². The van der Waals surface area contributed by atoms with E-state index in [1.807, 2.05) is 0 Å². The molecule has 0 aliphatic carbocycles. The molecule has 0 spiro atoms. The van der Waals surface area contributed by atoms with E-state index < -0.39 is 4.92 Å². The van der Waals surface area contributed by atoms with Crippen molar-refractivity contribution in [3.63, 3.8) is 0 Å². The predicted octanol–water partition coefficient (Wildman–Crippen LogP) is 3.32. The first-order valence-electron chi connectivity index (χ1n) is 6.92. The fraction of sp³-hybridized carbons (Fsp3) is 0.188. The number of likely N-dealkylation sites (N-methyl/N-ethyl adjacent to an activating group) is 1. The number of benzene rings is 2. The molecule has 1 N–H and O–H groups in total. The molecule has 0 aromatic heterocycles. The molecule has 23 heavy (non-hydrogen) atoms. The molecule has 0 aliphatic rings. The molecule has 0 fully saturated rings. The zero-order valence-corrected chi connectivity index (χ0v) is 13.3. The summed E-state index contributed by atoms with van der Waals surface area (Å²) in [5, 5.41) is 14.3. The highest BCUT2D eigenvalue weighted by molar-refractivity contribution is 6.30. The molecule has 120 valence electrons. The van der Waals surface area contributed by atoms with Crippen molar-refractivity contribution in [3.8, 4) is 0 Å². The normalized spacial score (nSPS) is 10.6. The highest BCUT2D eigenvalue weighted by atomic mass is 35.5. The van der Waals surface area contributed by atoms with Crippen LogP contribution in [0.25, 0.3) is 0 Å². The fourth-order valence-electron chi connectivity index (χ4n) is 2.18. The number of hydrogen-bond acceptors (Lipinski definition) is 4. The summed E-state index contributed by atoms with van der Waals surface area (Å²) in [7, 11) is 1.73. The van der Waals surface area contributed by atoms with Crippen LogP contribution >= 0.6 is 11.6 Å². The van der Waals surface area contributed by atoms with Crippen molar-refractivity contribution >= 4 is 28.9 Å². The molecule has 2 aromatic carbocycles. The van der Waals surface area contributed by atoms with Crippen LogP contribution in [0.1, 0.15) is 5.56 Å². The lowest BCUT2D eigenvalue weighted by molar-refractivity contribution is -0.385. The van der Waals surface area contributed by atoms with Crippen molar-refractivity contribution in [2.75, 3.05) is 18.9 Å². The van der Waals surface area contributed by atoms with E-state index in [1.54, 1.807) is 54.4 Å². The largest absolute Gasteiger partial charge is 0.325 e.